The second-order valence-electron chi connectivity index (χ2n) is 12.5. The largest absolute Gasteiger partial charge is 0.377 e. The van der Waals surface area contributed by atoms with Crippen molar-refractivity contribution in [1.29, 1.82) is 0 Å². The summed E-state index contributed by atoms with van der Waals surface area (Å²) in [5.41, 5.74) is 0. The summed E-state index contributed by atoms with van der Waals surface area (Å²) in [4.78, 5) is 11.8. The normalized spacial score (nSPS) is 12.0. The van der Waals surface area contributed by atoms with Crippen LogP contribution >= 0.6 is 0 Å². The number of carbonyl (C=O) groups is 1. The van der Waals surface area contributed by atoms with Gasteiger partial charge in [0.2, 0.25) is 0 Å². The molecule has 2 heteroatoms. The van der Waals surface area contributed by atoms with Crippen LogP contribution in [-0.4, -0.2) is 17.0 Å². The number of hydrogen-bond acceptors (Lipinski definition) is 2. The van der Waals surface area contributed by atoms with Gasteiger partial charge in [0.05, 0.1) is 0 Å². The lowest BCUT2D eigenvalue weighted by Crippen LogP contribution is -1.95. The molecule has 0 amide bonds. The number of allylic oxidation sites excluding steroid dienone is 9. The fourth-order valence-corrected chi connectivity index (χ4v) is 5.17. The molecule has 0 radical (unpaired) electrons. The number of hydrogen-bond donors (Lipinski definition) is 1. The highest BCUT2D eigenvalue weighted by Crippen LogP contribution is 2.13. The van der Waals surface area contributed by atoms with E-state index in [1.807, 2.05) is 18.2 Å². The average Bonchev–Trinajstić information content (AvgIpc) is 3.09. The first-order valence-electron chi connectivity index (χ1n) is 19.1. The van der Waals surface area contributed by atoms with E-state index < -0.39 is 6.10 Å². The van der Waals surface area contributed by atoms with E-state index in [-0.39, 0.29) is 5.78 Å². The average molecular weight is 651 g/mol. The summed E-state index contributed by atoms with van der Waals surface area (Å²) in [7, 11) is 0. The zero-order valence-corrected chi connectivity index (χ0v) is 30.2. The number of terminal acetylenes is 2. The van der Waals surface area contributed by atoms with Gasteiger partial charge in [0.1, 0.15) is 6.10 Å². The standard InChI is InChI=1S/C46H66O2/c1-3-5-6-7-8-9-10-11-12-13-14-15-16-17-18-19-20-21-25-28-31-34-37-40-43-46(48)44-41-38-35-32-29-26-23-22-24-27-30-33-36-39-42-45(47)4-2/h1-2,5-6,21,23,25-26,34,37,39,42,45,47H,7-20,22,24,27-33,35-36,38H2. The zero-order valence-electron chi connectivity index (χ0n) is 30.2. The summed E-state index contributed by atoms with van der Waals surface area (Å²) in [5, 5.41) is 9.24. The number of aliphatic hydroxyl groups excluding tert-OH is 1. The number of aliphatic hydroxyl groups is 1. The van der Waals surface area contributed by atoms with Crippen molar-refractivity contribution in [2.45, 2.75) is 173 Å². The maximum Gasteiger partial charge on any atom is 0.279 e. The third-order valence-corrected chi connectivity index (χ3v) is 8.03. The van der Waals surface area contributed by atoms with E-state index in [0.717, 1.165) is 64.2 Å². The monoisotopic (exact) mass is 651 g/mol. The topological polar surface area (TPSA) is 37.3 Å². The fourth-order valence-electron chi connectivity index (χ4n) is 5.17. The molecule has 0 saturated carbocycles. The lowest BCUT2D eigenvalue weighted by Gasteiger charge is -2.02. The SMILES string of the molecule is C#CC=CCCCCCCCCCCCCCCC=CCCC=CC#CC(=O)C#CCCCCC=CCCCCCCC=CC(O)C#C. The molecule has 1 unspecified atom stereocenters. The van der Waals surface area contributed by atoms with E-state index in [1.165, 1.54) is 103 Å². The molecule has 0 fully saturated rings. The molecule has 0 aromatic carbocycles. The van der Waals surface area contributed by atoms with Crippen molar-refractivity contribution in [2.75, 3.05) is 0 Å². The lowest BCUT2D eigenvalue weighted by atomic mass is 10.0. The van der Waals surface area contributed by atoms with Crippen molar-refractivity contribution < 1.29 is 9.90 Å². The van der Waals surface area contributed by atoms with Crippen molar-refractivity contribution in [3.63, 3.8) is 0 Å². The van der Waals surface area contributed by atoms with Crippen LogP contribution in [0.25, 0.3) is 0 Å². The molecule has 0 aliphatic carbocycles. The van der Waals surface area contributed by atoms with Crippen LogP contribution in [0.15, 0.2) is 60.8 Å². The lowest BCUT2D eigenvalue weighted by molar-refractivity contribution is -0.108. The van der Waals surface area contributed by atoms with E-state index >= 15 is 0 Å². The molecule has 0 spiro atoms. The molecule has 2 nitrogen and oxygen atoms in total. The van der Waals surface area contributed by atoms with Gasteiger partial charge >= 0.3 is 0 Å². The minimum absolute atomic E-state index is 0.298. The highest BCUT2D eigenvalue weighted by Gasteiger charge is 1.94. The first-order chi connectivity index (χ1) is 23.7. The maximum absolute atomic E-state index is 11.8. The number of unbranched alkanes of at least 4 members (excludes halogenated alkanes) is 22. The maximum atomic E-state index is 11.8. The molecule has 0 rings (SSSR count). The molecule has 262 valence electrons. The van der Waals surface area contributed by atoms with Crippen molar-refractivity contribution in [1.82, 2.24) is 0 Å². The Balaban J connectivity index is 3.51. The predicted molar refractivity (Wildman–Crippen MR) is 210 cm³/mol. The van der Waals surface area contributed by atoms with Crippen molar-refractivity contribution in [3.05, 3.63) is 60.8 Å². The van der Waals surface area contributed by atoms with Crippen LogP contribution in [0.5, 0.6) is 0 Å². The van der Waals surface area contributed by atoms with Gasteiger partial charge in [-0.1, -0.05) is 143 Å². The Morgan fingerprint density at radius 3 is 1.44 bits per heavy atom. The Labute approximate surface area is 297 Å². The predicted octanol–water partition coefficient (Wildman–Crippen LogP) is 12.1. The van der Waals surface area contributed by atoms with Crippen molar-refractivity contribution in [3.8, 4) is 48.4 Å². The fraction of sp³-hybridized carbons (Fsp3) is 0.587. The van der Waals surface area contributed by atoms with E-state index in [4.69, 9.17) is 12.8 Å². The van der Waals surface area contributed by atoms with E-state index in [2.05, 4.69) is 65.9 Å². The first kappa shape index (κ1) is 44.6. The smallest absolute Gasteiger partial charge is 0.279 e. The summed E-state index contributed by atoms with van der Waals surface area (Å²) in [5.74, 6) is 15.5. The molecule has 1 N–H and O–H groups in total. The van der Waals surface area contributed by atoms with Crippen LogP contribution in [0.2, 0.25) is 0 Å². The number of carbonyl (C=O) groups excluding carboxylic acids is 1. The molecule has 0 heterocycles. The molecule has 0 aromatic rings. The Hall–Kier alpha value is -3.43. The minimum Gasteiger partial charge on any atom is -0.377 e. The second-order valence-corrected chi connectivity index (χ2v) is 12.5. The zero-order chi connectivity index (χ0) is 34.9. The first-order valence-corrected chi connectivity index (χ1v) is 19.1. The van der Waals surface area contributed by atoms with Gasteiger partial charge in [0.15, 0.2) is 0 Å². The van der Waals surface area contributed by atoms with Gasteiger partial charge in [0, 0.05) is 6.42 Å². The van der Waals surface area contributed by atoms with Crippen LogP contribution in [0.3, 0.4) is 0 Å². The van der Waals surface area contributed by atoms with E-state index in [0.29, 0.717) is 0 Å². The van der Waals surface area contributed by atoms with Gasteiger partial charge in [-0.3, -0.25) is 4.79 Å². The molecule has 1 atom stereocenters. The molecular formula is C46H66O2. The molecule has 0 aromatic heterocycles. The molecule has 0 bridgehead atoms. The van der Waals surface area contributed by atoms with Gasteiger partial charge in [-0.05, 0) is 114 Å². The Bertz CT molecular complexity index is 1110. The van der Waals surface area contributed by atoms with E-state index in [1.54, 1.807) is 12.2 Å². The minimum atomic E-state index is -0.750. The van der Waals surface area contributed by atoms with Gasteiger partial charge in [0.25, 0.3) is 5.78 Å². The Kier molecular flexibility index (Phi) is 36.9. The summed E-state index contributed by atoms with van der Waals surface area (Å²) in [6.45, 7) is 0. The highest BCUT2D eigenvalue weighted by atomic mass is 16.3. The van der Waals surface area contributed by atoms with Crippen LogP contribution < -0.4 is 0 Å². The summed E-state index contributed by atoms with van der Waals surface area (Å²) in [6, 6.07) is 0. The van der Waals surface area contributed by atoms with Crippen LogP contribution in [0.1, 0.15) is 167 Å². The molecule has 48 heavy (non-hydrogen) atoms. The van der Waals surface area contributed by atoms with Crippen molar-refractivity contribution in [2.24, 2.45) is 0 Å². The highest BCUT2D eigenvalue weighted by molar-refractivity contribution is 6.08. The third-order valence-electron chi connectivity index (χ3n) is 8.03. The summed E-state index contributed by atoms with van der Waals surface area (Å²) < 4.78 is 0. The summed E-state index contributed by atoms with van der Waals surface area (Å²) in [6.07, 6.45) is 61.4. The number of Topliss-reactive ketones (excluding diaryl/α,β-unsaturated/α-hetero) is 1. The van der Waals surface area contributed by atoms with Gasteiger partial charge < -0.3 is 5.11 Å². The second kappa shape index (κ2) is 39.7. The summed E-state index contributed by atoms with van der Waals surface area (Å²) >= 11 is 0. The molecular weight excluding hydrogens is 585 g/mol. The molecule has 0 aliphatic heterocycles. The van der Waals surface area contributed by atoms with E-state index in [9.17, 15) is 9.90 Å². The Morgan fingerprint density at radius 1 is 0.500 bits per heavy atom. The molecule has 0 aliphatic rings. The Morgan fingerprint density at radius 2 is 0.917 bits per heavy atom. The van der Waals surface area contributed by atoms with Gasteiger partial charge in [-0.25, -0.2) is 0 Å². The third kappa shape index (κ3) is 38.8. The van der Waals surface area contributed by atoms with Gasteiger partial charge in [-0.15, -0.1) is 12.8 Å². The van der Waals surface area contributed by atoms with Crippen LogP contribution in [-0.2, 0) is 4.79 Å². The van der Waals surface area contributed by atoms with Crippen LogP contribution in [0.4, 0.5) is 0 Å². The van der Waals surface area contributed by atoms with Crippen LogP contribution in [0, 0.1) is 48.4 Å². The quantitative estimate of drug-likeness (QED) is 0.0363. The number of ketones is 1. The van der Waals surface area contributed by atoms with Gasteiger partial charge in [-0.2, -0.15) is 0 Å². The number of rotatable bonds is 30. The molecule has 0 saturated heterocycles. The van der Waals surface area contributed by atoms with Crippen molar-refractivity contribution >= 4 is 5.78 Å².